The summed E-state index contributed by atoms with van der Waals surface area (Å²) in [5, 5.41) is 4.39. The van der Waals surface area contributed by atoms with Crippen LogP contribution < -0.4 is 11.2 Å². The average molecular weight is 558 g/mol. The number of carbonyl (C=O) groups is 1. The van der Waals surface area contributed by atoms with Crippen molar-refractivity contribution < 1.29 is 18.0 Å². The Hall–Kier alpha value is -4.16. The van der Waals surface area contributed by atoms with E-state index in [0.29, 0.717) is 61.6 Å². The van der Waals surface area contributed by atoms with Gasteiger partial charge in [0.15, 0.2) is 5.65 Å². The van der Waals surface area contributed by atoms with Gasteiger partial charge in [-0.1, -0.05) is 26.0 Å². The van der Waals surface area contributed by atoms with Crippen molar-refractivity contribution in [3.63, 3.8) is 0 Å². The largest absolute Gasteiger partial charge is 0.416 e. The quantitative estimate of drug-likeness (QED) is 0.338. The van der Waals surface area contributed by atoms with Crippen LogP contribution >= 0.6 is 0 Å². The third-order valence-electron chi connectivity index (χ3n) is 7.03. The van der Waals surface area contributed by atoms with Gasteiger partial charge in [-0.05, 0) is 30.5 Å². The number of amides is 1. The number of rotatable bonds is 9. The molecule has 0 radical (unpaired) electrons. The van der Waals surface area contributed by atoms with Gasteiger partial charge in [-0.15, -0.1) is 0 Å². The van der Waals surface area contributed by atoms with Gasteiger partial charge < -0.3 is 9.88 Å². The van der Waals surface area contributed by atoms with Crippen LogP contribution in [0.1, 0.15) is 44.2 Å². The molecule has 1 aliphatic rings. The zero-order chi connectivity index (χ0) is 28.6. The summed E-state index contributed by atoms with van der Waals surface area (Å²) >= 11 is 0. The van der Waals surface area contributed by atoms with Gasteiger partial charge >= 0.3 is 11.9 Å². The molecule has 0 aliphatic carbocycles. The summed E-state index contributed by atoms with van der Waals surface area (Å²) in [7, 11) is 0. The Morgan fingerprint density at radius 2 is 1.82 bits per heavy atom. The van der Waals surface area contributed by atoms with Crippen molar-refractivity contribution in [1.29, 1.82) is 0 Å². The molecule has 10 nitrogen and oxygen atoms in total. The Morgan fingerprint density at radius 1 is 1.07 bits per heavy atom. The molecule has 1 amide bonds. The van der Waals surface area contributed by atoms with Crippen LogP contribution in [-0.4, -0.2) is 46.2 Å². The lowest BCUT2D eigenvalue weighted by atomic mass is 10.1. The van der Waals surface area contributed by atoms with Crippen molar-refractivity contribution in [3.8, 4) is 11.4 Å². The minimum atomic E-state index is -4.44. The number of halogens is 3. The Balaban J connectivity index is 1.33. The first-order chi connectivity index (χ1) is 19.1. The van der Waals surface area contributed by atoms with Gasteiger partial charge in [0.2, 0.25) is 5.91 Å². The number of aromatic amines is 1. The molecule has 40 heavy (non-hydrogen) atoms. The summed E-state index contributed by atoms with van der Waals surface area (Å²) in [6, 6.07) is 5.02. The van der Waals surface area contributed by atoms with Crippen molar-refractivity contribution in [1.82, 2.24) is 33.8 Å². The van der Waals surface area contributed by atoms with E-state index in [9.17, 15) is 27.6 Å². The minimum absolute atomic E-state index is 0.0716. The van der Waals surface area contributed by atoms with E-state index < -0.39 is 17.3 Å². The molecule has 4 aromatic rings. The van der Waals surface area contributed by atoms with Crippen molar-refractivity contribution in [2.45, 2.75) is 65.5 Å². The second-order valence-corrected chi connectivity index (χ2v) is 10.2. The van der Waals surface area contributed by atoms with E-state index in [4.69, 9.17) is 0 Å². The monoisotopic (exact) mass is 557 g/mol. The molecule has 0 saturated carbocycles. The molecule has 1 aliphatic heterocycles. The van der Waals surface area contributed by atoms with Gasteiger partial charge in [0.1, 0.15) is 11.3 Å². The number of imidazole rings is 1. The molecule has 1 aromatic carbocycles. The lowest BCUT2D eigenvalue weighted by molar-refractivity contribution is -0.137. The third kappa shape index (κ3) is 5.32. The number of aryl methyl sites for hydroxylation is 1. The Morgan fingerprint density at radius 3 is 2.55 bits per heavy atom. The van der Waals surface area contributed by atoms with Gasteiger partial charge in [0, 0.05) is 51.3 Å². The van der Waals surface area contributed by atoms with Gasteiger partial charge in [-0.2, -0.15) is 18.3 Å². The van der Waals surface area contributed by atoms with Crippen molar-refractivity contribution in [2.75, 3.05) is 6.54 Å². The van der Waals surface area contributed by atoms with Crippen molar-refractivity contribution in [3.05, 3.63) is 68.6 Å². The van der Waals surface area contributed by atoms with Crippen LogP contribution in [0.5, 0.6) is 0 Å². The Labute approximate surface area is 227 Å². The van der Waals surface area contributed by atoms with Gasteiger partial charge in [0.05, 0.1) is 17.3 Å². The lowest BCUT2D eigenvalue weighted by Crippen LogP contribution is -2.40. The normalized spacial score (nSPS) is 16.0. The predicted molar refractivity (Wildman–Crippen MR) is 141 cm³/mol. The predicted octanol–water partition coefficient (Wildman–Crippen LogP) is 3.64. The number of likely N-dealkylation sites (tertiary alicyclic amines) is 1. The maximum absolute atomic E-state index is 13.1. The number of alkyl halides is 3. The number of nitrogens with zero attached hydrogens (tertiary/aromatic N) is 6. The lowest BCUT2D eigenvalue weighted by Gasteiger charge is -2.18. The van der Waals surface area contributed by atoms with Crippen LogP contribution in [0.3, 0.4) is 0 Å². The minimum Gasteiger partial charge on any atom is -0.338 e. The molecule has 3 aromatic heterocycles. The molecule has 0 bridgehead atoms. The highest BCUT2D eigenvalue weighted by molar-refractivity contribution is 5.78. The van der Waals surface area contributed by atoms with Gasteiger partial charge in [0.25, 0.3) is 5.56 Å². The molecule has 13 heteroatoms. The second-order valence-electron chi connectivity index (χ2n) is 10.2. The van der Waals surface area contributed by atoms with Crippen LogP contribution in [0.15, 0.2) is 46.2 Å². The molecular formula is C27H30F3N7O3. The highest BCUT2D eigenvalue weighted by Gasteiger charge is 2.32. The zero-order valence-corrected chi connectivity index (χ0v) is 22.2. The number of fused-ring (bicyclic) bond motifs is 1. The van der Waals surface area contributed by atoms with Crippen molar-refractivity contribution in [2.24, 2.45) is 5.92 Å². The van der Waals surface area contributed by atoms with E-state index in [1.54, 1.807) is 28.0 Å². The molecular weight excluding hydrogens is 527 g/mol. The Bertz CT molecular complexity index is 1660. The third-order valence-corrected chi connectivity index (χ3v) is 7.03. The number of H-pyrrole nitrogens is 1. The summed E-state index contributed by atoms with van der Waals surface area (Å²) < 4.78 is 43.6. The first kappa shape index (κ1) is 27.4. The van der Waals surface area contributed by atoms with E-state index in [2.05, 4.69) is 15.1 Å². The number of aromatic nitrogens is 6. The number of carbonyl (C=O) groups excluding carboxylic acids is 1. The summed E-state index contributed by atoms with van der Waals surface area (Å²) in [5.41, 5.74) is 0.0856. The first-order valence-electron chi connectivity index (χ1n) is 13.3. The molecule has 1 N–H and O–H groups in total. The molecule has 1 saturated heterocycles. The SMILES string of the molecule is CCCn1c(=O)c2[nH]c(-c3cnn(CC4CC(=O)N(Cc5cccc(C(F)(F)F)c5)C4)c3)nc2n(CCC)c1=O. The fourth-order valence-corrected chi connectivity index (χ4v) is 5.20. The van der Waals surface area contributed by atoms with E-state index in [1.165, 1.54) is 15.2 Å². The fourth-order valence-electron chi connectivity index (χ4n) is 5.20. The van der Waals surface area contributed by atoms with Crippen LogP contribution in [0.2, 0.25) is 0 Å². The number of nitrogens with one attached hydrogen (secondary N) is 1. The number of hydrogen-bond donors (Lipinski definition) is 1. The van der Waals surface area contributed by atoms with E-state index >= 15 is 0 Å². The standard InChI is InChI=1S/C27H30F3N7O3/c1-3-8-36-24-22(25(39)37(9-4-2)26(36)40)32-23(33-24)19-12-31-35(16-19)15-18-11-21(38)34(14-18)13-17-6-5-7-20(10-17)27(28,29)30/h5-7,10,12,16,18H,3-4,8-9,11,13-15H2,1-2H3,(H,32,33). The van der Waals surface area contributed by atoms with E-state index in [0.717, 1.165) is 12.1 Å². The molecule has 1 fully saturated rings. The summed E-state index contributed by atoms with van der Waals surface area (Å²) in [6.07, 6.45) is 0.516. The maximum Gasteiger partial charge on any atom is 0.416 e. The number of benzene rings is 1. The van der Waals surface area contributed by atoms with Crippen LogP contribution in [0.25, 0.3) is 22.6 Å². The van der Waals surface area contributed by atoms with Gasteiger partial charge in [-0.25, -0.2) is 9.78 Å². The zero-order valence-electron chi connectivity index (χ0n) is 22.2. The molecule has 212 valence electrons. The second kappa shape index (κ2) is 10.8. The highest BCUT2D eigenvalue weighted by atomic mass is 19.4. The van der Waals surface area contributed by atoms with E-state index in [1.807, 2.05) is 13.8 Å². The van der Waals surface area contributed by atoms with Crippen LogP contribution in [-0.2, 0) is 37.1 Å². The first-order valence-corrected chi connectivity index (χ1v) is 13.3. The highest BCUT2D eigenvalue weighted by Crippen LogP contribution is 2.30. The maximum atomic E-state index is 13.1. The summed E-state index contributed by atoms with van der Waals surface area (Å²) in [6.45, 7) is 5.51. The van der Waals surface area contributed by atoms with E-state index in [-0.39, 0.29) is 36.0 Å². The average Bonchev–Trinajstić information content (AvgIpc) is 3.63. The number of hydrogen-bond acceptors (Lipinski definition) is 5. The van der Waals surface area contributed by atoms with Gasteiger partial charge in [-0.3, -0.25) is 23.4 Å². The Kier molecular flexibility index (Phi) is 7.39. The van der Waals surface area contributed by atoms with Crippen molar-refractivity contribution >= 4 is 17.1 Å². The molecule has 4 heterocycles. The van der Waals surface area contributed by atoms with Crippen LogP contribution in [0.4, 0.5) is 13.2 Å². The smallest absolute Gasteiger partial charge is 0.338 e. The molecule has 1 atom stereocenters. The molecule has 0 spiro atoms. The fraction of sp³-hybridized carbons (Fsp3) is 0.444. The summed E-state index contributed by atoms with van der Waals surface area (Å²) in [4.78, 5) is 47.7. The molecule has 5 rings (SSSR count). The summed E-state index contributed by atoms with van der Waals surface area (Å²) in [5.74, 6) is 0.215. The topological polar surface area (TPSA) is 111 Å². The molecule has 1 unspecified atom stereocenters. The van der Waals surface area contributed by atoms with Crippen LogP contribution in [0, 0.1) is 5.92 Å².